The van der Waals surface area contributed by atoms with Gasteiger partial charge >= 0.3 is 0 Å². The van der Waals surface area contributed by atoms with Crippen LogP contribution < -0.4 is 9.47 Å². The summed E-state index contributed by atoms with van der Waals surface area (Å²) < 4.78 is 14.4. The molecule has 0 fully saturated rings. The molecule has 16 aromatic carbocycles. The second kappa shape index (κ2) is 27.7. The fourth-order valence-electron chi connectivity index (χ4n) is 20.2. The van der Waals surface area contributed by atoms with E-state index in [0.29, 0.717) is 34.9 Å². The van der Waals surface area contributed by atoms with Crippen molar-refractivity contribution in [3.8, 4) is 147 Å². The van der Waals surface area contributed by atoms with E-state index in [4.69, 9.17) is 39.4 Å². The Hall–Kier alpha value is -15.4. The molecule has 18 aromatic rings. The molecule has 2 spiro atoms. The zero-order valence-electron chi connectivity index (χ0n) is 65.3. The zero-order chi connectivity index (χ0) is 79.0. The van der Waals surface area contributed by atoms with Crippen LogP contribution in [-0.2, 0) is 10.8 Å². The van der Waals surface area contributed by atoms with E-state index in [1.165, 1.54) is 66.2 Å². The van der Waals surface area contributed by atoms with Gasteiger partial charge in [-0.3, -0.25) is 0 Å². The lowest BCUT2D eigenvalue weighted by Crippen LogP contribution is -2.33. The van der Waals surface area contributed by atoms with Crippen molar-refractivity contribution >= 4 is 32.7 Å². The maximum atomic E-state index is 7.25. The highest BCUT2D eigenvalue weighted by Crippen LogP contribution is 2.66. The molecular weight excluding hydrogens is 1460 g/mol. The number of hydrogen-bond acceptors (Lipinski definition) is 8. The SMILES string of the molecule is C1=CCCC(c2nc(-c3ccc4c(ccc5ccccc54)c3)nc(-c3ccccc3-c3ccc4c(c3)Oc3ccccc3C43c4ccccc4-c4c(-c5cccc(-c6cccc(-c7nc(-c8cccc(-c9ccccc9)c8)nc(-c8ccccc8-c8ccc9c(c8)Oc8ccccc8C98C9=C(C=CCC9)c9ccccc98)n7)c6)c5)cccc43)n2)=C1. The standard InChI is InChI=1S/C112H72N6O2/c1-3-27-69(28-4-1)72-32-24-36-79(64-72)106-114-107(117-110(116-106)90-44-12-10-40-84(90)77-58-61-97-102(67-77)119-100-53-21-19-50-95(100)111(97)92-47-16-13-41-87(92)88-42-14-17-48-93(88)111)80-37-25-34-74(65-80)73-33-23-35-75(63-73)86-46-26-52-99-104(86)91-45-15-18-49-94(91)112(99)96-51-20-22-54-101(96)120-103-68-78(59-62-98(103)112)83-39-9-11-43-89(83)109-115-105(71-30-5-2-6-31-71)113-108(118-109)81-57-60-85-76(66-81)56-55-70-29-7-8-38-82(70)85/h1-5,7-16,18-30,32-47,49-68H,6,17,31,48H2. The lowest BCUT2D eigenvalue weighted by atomic mass is 9.64. The normalized spacial score (nSPS) is 16.0. The van der Waals surface area contributed by atoms with Gasteiger partial charge in [0.2, 0.25) is 0 Å². The largest absolute Gasteiger partial charge is 0.457 e. The van der Waals surface area contributed by atoms with Crippen LogP contribution in [0.4, 0.5) is 0 Å². The van der Waals surface area contributed by atoms with E-state index in [0.717, 1.165) is 160 Å². The molecule has 0 radical (unpaired) electrons. The Morgan fingerprint density at radius 2 is 0.675 bits per heavy atom. The first-order valence-electron chi connectivity index (χ1n) is 41.4. The van der Waals surface area contributed by atoms with Gasteiger partial charge in [0.05, 0.1) is 10.8 Å². The Labute approximate surface area is 695 Å². The van der Waals surface area contributed by atoms with Crippen LogP contribution >= 0.6 is 0 Å². The van der Waals surface area contributed by atoms with Crippen molar-refractivity contribution in [1.82, 2.24) is 29.9 Å². The van der Waals surface area contributed by atoms with Gasteiger partial charge in [0.1, 0.15) is 23.0 Å². The molecule has 4 aliphatic carbocycles. The molecule has 120 heavy (non-hydrogen) atoms. The summed E-state index contributed by atoms with van der Waals surface area (Å²) in [4.78, 5) is 32.5. The summed E-state index contributed by atoms with van der Waals surface area (Å²) in [5, 5.41) is 4.75. The Balaban J connectivity index is 0.603. The van der Waals surface area contributed by atoms with Gasteiger partial charge in [-0.25, -0.2) is 29.9 Å². The van der Waals surface area contributed by atoms with Crippen molar-refractivity contribution < 1.29 is 9.47 Å². The minimum absolute atomic E-state index is 0.506. The van der Waals surface area contributed by atoms with Crippen LogP contribution in [0.5, 0.6) is 23.0 Å². The topological polar surface area (TPSA) is 95.8 Å². The van der Waals surface area contributed by atoms with E-state index in [9.17, 15) is 0 Å². The average molecular weight is 1530 g/mol. The molecule has 0 bridgehead atoms. The first kappa shape index (κ1) is 69.0. The molecule has 0 amide bonds. The van der Waals surface area contributed by atoms with E-state index in [-0.39, 0.29) is 0 Å². The van der Waals surface area contributed by atoms with Crippen molar-refractivity contribution in [3.05, 3.63) is 444 Å². The van der Waals surface area contributed by atoms with Gasteiger partial charge in [0.25, 0.3) is 0 Å². The third kappa shape index (κ3) is 10.8. The Bertz CT molecular complexity index is 7520. The molecule has 2 aliphatic heterocycles. The van der Waals surface area contributed by atoms with Gasteiger partial charge in [0, 0.05) is 50.1 Å². The molecule has 0 saturated heterocycles. The number of benzene rings is 16. The summed E-state index contributed by atoms with van der Waals surface area (Å²) in [5.41, 5.74) is 29.3. The van der Waals surface area contributed by atoms with Crippen LogP contribution in [0.3, 0.4) is 0 Å². The summed E-state index contributed by atoms with van der Waals surface area (Å²) in [6.45, 7) is 0. The van der Waals surface area contributed by atoms with Gasteiger partial charge in [-0.05, 0) is 201 Å². The second-order valence-electron chi connectivity index (χ2n) is 32.0. The quantitative estimate of drug-likeness (QED) is 0.118. The predicted molar refractivity (Wildman–Crippen MR) is 484 cm³/mol. The van der Waals surface area contributed by atoms with E-state index < -0.39 is 10.8 Å². The highest BCUT2D eigenvalue weighted by atomic mass is 16.5. The molecule has 6 aliphatic rings. The van der Waals surface area contributed by atoms with Crippen molar-refractivity contribution in [1.29, 1.82) is 0 Å². The van der Waals surface area contributed by atoms with Gasteiger partial charge in [-0.2, -0.15) is 0 Å². The maximum absolute atomic E-state index is 7.25. The predicted octanol–water partition coefficient (Wildman–Crippen LogP) is 27.8. The zero-order valence-corrected chi connectivity index (χ0v) is 65.3. The van der Waals surface area contributed by atoms with Gasteiger partial charge in [-0.15, -0.1) is 0 Å². The first-order chi connectivity index (χ1) is 59.4. The fourth-order valence-corrected chi connectivity index (χ4v) is 20.2. The average Bonchev–Trinajstić information content (AvgIpc) is 1.50. The van der Waals surface area contributed by atoms with Crippen LogP contribution in [0, 0.1) is 0 Å². The van der Waals surface area contributed by atoms with E-state index in [1.807, 2.05) is 0 Å². The molecule has 2 atom stereocenters. The second-order valence-corrected chi connectivity index (χ2v) is 32.0. The molecule has 8 heteroatoms. The van der Waals surface area contributed by atoms with Gasteiger partial charge in [0.15, 0.2) is 34.9 Å². The van der Waals surface area contributed by atoms with Gasteiger partial charge in [-0.1, -0.05) is 340 Å². The number of nitrogens with zero attached hydrogens (tertiary/aromatic N) is 6. The number of fused-ring (bicyclic) bond motifs is 20. The molecule has 2 aromatic heterocycles. The van der Waals surface area contributed by atoms with Crippen LogP contribution in [0.1, 0.15) is 76.0 Å². The highest BCUT2D eigenvalue weighted by molar-refractivity contribution is 6.08. The number of allylic oxidation sites excluding steroid dienone is 8. The minimum Gasteiger partial charge on any atom is -0.457 e. The number of para-hydroxylation sites is 2. The number of rotatable bonds is 11. The van der Waals surface area contributed by atoms with Crippen LogP contribution in [0.15, 0.2) is 394 Å². The van der Waals surface area contributed by atoms with E-state index in [1.54, 1.807) is 0 Å². The molecule has 2 unspecified atom stereocenters. The summed E-state index contributed by atoms with van der Waals surface area (Å²) >= 11 is 0. The minimum atomic E-state index is -0.753. The van der Waals surface area contributed by atoms with E-state index in [2.05, 4.69) is 388 Å². The molecule has 562 valence electrons. The smallest absolute Gasteiger partial charge is 0.164 e. The molecule has 0 N–H and O–H groups in total. The van der Waals surface area contributed by atoms with Crippen molar-refractivity contribution in [3.63, 3.8) is 0 Å². The Morgan fingerprint density at radius 1 is 0.242 bits per heavy atom. The maximum Gasteiger partial charge on any atom is 0.164 e. The molecular formula is C112H72N6O2. The van der Waals surface area contributed by atoms with Crippen molar-refractivity contribution in [2.24, 2.45) is 0 Å². The summed E-state index contributed by atoms with van der Waals surface area (Å²) in [6.07, 6.45) is 14.8. The number of ether oxygens (including phenoxy) is 2. The summed E-state index contributed by atoms with van der Waals surface area (Å²) in [6, 6.07) is 129. The van der Waals surface area contributed by atoms with Crippen LogP contribution in [0.25, 0.3) is 156 Å². The number of hydrogen-bond donors (Lipinski definition) is 0. The molecule has 24 rings (SSSR count). The van der Waals surface area contributed by atoms with E-state index >= 15 is 0 Å². The number of aromatic nitrogens is 6. The third-order valence-electron chi connectivity index (χ3n) is 25.5. The lowest BCUT2D eigenvalue weighted by Gasteiger charge is -2.41. The molecule has 8 nitrogen and oxygen atoms in total. The van der Waals surface area contributed by atoms with Crippen molar-refractivity contribution in [2.45, 2.75) is 36.5 Å². The highest BCUT2D eigenvalue weighted by Gasteiger charge is 2.54. The first-order valence-corrected chi connectivity index (χ1v) is 41.4. The fraction of sp³-hybridized carbons (Fsp3) is 0.0536. The molecule has 0 saturated carbocycles. The summed E-state index contributed by atoms with van der Waals surface area (Å²) in [7, 11) is 0. The molecule has 4 heterocycles. The van der Waals surface area contributed by atoms with Crippen molar-refractivity contribution in [2.75, 3.05) is 0 Å². The van der Waals surface area contributed by atoms with Crippen LogP contribution in [0.2, 0.25) is 0 Å². The lowest BCUT2D eigenvalue weighted by molar-refractivity contribution is 0.432. The Kier molecular flexibility index (Phi) is 15.9. The van der Waals surface area contributed by atoms with Crippen LogP contribution in [-0.4, -0.2) is 29.9 Å². The van der Waals surface area contributed by atoms with Gasteiger partial charge < -0.3 is 9.47 Å². The summed E-state index contributed by atoms with van der Waals surface area (Å²) in [5.74, 6) is 6.92. The monoisotopic (exact) mass is 1530 g/mol. The Morgan fingerprint density at radius 3 is 1.34 bits per heavy atom. The third-order valence-corrected chi connectivity index (χ3v) is 25.5.